The van der Waals surface area contributed by atoms with E-state index in [1.165, 1.54) is 6.07 Å². The molecule has 0 unspecified atom stereocenters. The number of hydrogen-bond acceptors (Lipinski definition) is 3. The molecule has 0 aliphatic carbocycles. The van der Waals surface area contributed by atoms with Gasteiger partial charge in [-0.05, 0) is 19.1 Å². The first-order chi connectivity index (χ1) is 10.1. The molecule has 0 spiro atoms. The quantitative estimate of drug-likeness (QED) is 0.775. The topological polar surface area (TPSA) is 58.5 Å². The van der Waals surface area contributed by atoms with Crippen LogP contribution in [0.3, 0.4) is 0 Å². The molecular weight excluding hydrogens is 269 g/mol. The van der Waals surface area contributed by atoms with Gasteiger partial charge in [0.2, 0.25) is 0 Å². The maximum absolute atomic E-state index is 13.9. The Balaban J connectivity index is 1.83. The molecule has 0 atom stereocenters. The number of nitrogens with one attached hydrogen (secondary N) is 2. The Bertz CT molecular complexity index is 759. The minimum atomic E-state index is -0.264. The van der Waals surface area contributed by atoms with E-state index in [4.69, 9.17) is 0 Å². The zero-order valence-corrected chi connectivity index (χ0v) is 11.9. The lowest BCUT2D eigenvalue weighted by Gasteiger charge is -2.07. The van der Waals surface area contributed by atoms with Crippen molar-refractivity contribution < 1.29 is 4.39 Å². The van der Waals surface area contributed by atoms with Gasteiger partial charge in [0.05, 0.1) is 17.6 Å². The lowest BCUT2D eigenvalue weighted by atomic mass is 10.1. The second-order valence-corrected chi connectivity index (χ2v) is 4.90. The van der Waals surface area contributed by atoms with Crippen molar-refractivity contribution in [3.63, 3.8) is 0 Å². The number of halogens is 1. The lowest BCUT2D eigenvalue weighted by molar-refractivity contribution is 0.630. The monoisotopic (exact) mass is 285 g/mol. The number of aryl methyl sites for hydroxylation is 2. The summed E-state index contributed by atoms with van der Waals surface area (Å²) in [5, 5.41) is 14.5. The highest BCUT2D eigenvalue weighted by Crippen LogP contribution is 2.24. The fraction of sp³-hybridized carbons (Fsp3) is 0.200. The zero-order chi connectivity index (χ0) is 14.8. The van der Waals surface area contributed by atoms with E-state index in [0.29, 0.717) is 17.8 Å². The molecule has 0 fully saturated rings. The SMILES string of the molecule is Cc1cc(NCc2cn[nH]c2-c2ccccc2F)n(C)n1. The number of rotatable bonds is 4. The summed E-state index contributed by atoms with van der Waals surface area (Å²) in [5.74, 6) is 0.646. The molecule has 3 rings (SSSR count). The molecule has 3 aromatic rings. The molecule has 0 amide bonds. The predicted molar refractivity (Wildman–Crippen MR) is 79.3 cm³/mol. The Morgan fingerprint density at radius 2 is 2.14 bits per heavy atom. The first-order valence-corrected chi connectivity index (χ1v) is 6.67. The van der Waals surface area contributed by atoms with Gasteiger partial charge in [0.25, 0.3) is 0 Å². The first kappa shape index (κ1) is 13.4. The molecule has 108 valence electrons. The molecule has 0 saturated heterocycles. The van der Waals surface area contributed by atoms with E-state index in [-0.39, 0.29) is 5.82 Å². The van der Waals surface area contributed by atoms with E-state index in [1.54, 1.807) is 29.1 Å². The van der Waals surface area contributed by atoms with Crippen molar-refractivity contribution in [2.45, 2.75) is 13.5 Å². The van der Waals surface area contributed by atoms with Crippen molar-refractivity contribution in [1.82, 2.24) is 20.0 Å². The number of nitrogens with zero attached hydrogens (tertiary/aromatic N) is 3. The van der Waals surface area contributed by atoms with E-state index >= 15 is 0 Å². The molecular formula is C15H16FN5. The van der Waals surface area contributed by atoms with Crippen LogP contribution in [0.2, 0.25) is 0 Å². The van der Waals surface area contributed by atoms with Crippen molar-refractivity contribution in [3.8, 4) is 11.3 Å². The molecule has 0 radical (unpaired) electrons. The summed E-state index contributed by atoms with van der Waals surface area (Å²) in [4.78, 5) is 0. The summed E-state index contributed by atoms with van der Waals surface area (Å²) >= 11 is 0. The summed E-state index contributed by atoms with van der Waals surface area (Å²) < 4.78 is 15.7. The molecule has 2 N–H and O–H groups in total. The summed E-state index contributed by atoms with van der Waals surface area (Å²) in [6.45, 7) is 2.48. The van der Waals surface area contributed by atoms with Gasteiger partial charge in [0, 0.05) is 30.8 Å². The van der Waals surface area contributed by atoms with Crippen LogP contribution >= 0.6 is 0 Å². The molecule has 0 aliphatic rings. The van der Waals surface area contributed by atoms with Gasteiger partial charge in [-0.3, -0.25) is 9.78 Å². The van der Waals surface area contributed by atoms with Crippen molar-refractivity contribution >= 4 is 5.82 Å². The van der Waals surface area contributed by atoms with Crippen molar-refractivity contribution in [2.24, 2.45) is 7.05 Å². The lowest BCUT2D eigenvalue weighted by Crippen LogP contribution is -2.05. The molecule has 0 saturated carbocycles. The van der Waals surface area contributed by atoms with Gasteiger partial charge in [-0.25, -0.2) is 4.39 Å². The van der Waals surface area contributed by atoms with Crippen LogP contribution in [0, 0.1) is 12.7 Å². The van der Waals surface area contributed by atoms with Crippen LogP contribution in [0.25, 0.3) is 11.3 Å². The third-order valence-corrected chi connectivity index (χ3v) is 3.32. The predicted octanol–water partition coefficient (Wildman–Crippen LogP) is 2.87. The largest absolute Gasteiger partial charge is 0.366 e. The van der Waals surface area contributed by atoms with Crippen LogP contribution in [-0.2, 0) is 13.6 Å². The number of benzene rings is 1. The Hall–Kier alpha value is -2.63. The number of aromatic nitrogens is 4. The Morgan fingerprint density at radius 3 is 2.86 bits per heavy atom. The van der Waals surface area contributed by atoms with E-state index in [2.05, 4.69) is 20.6 Å². The second kappa shape index (κ2) is 5.40. The number of anilines is 1. The maximum Gasteiger partial charge on any atom is 0.132 e. The zero-order valence-electron chi connectivity index (χ0n) is 11.9. The summed E-state index contributed by atoms with van der Waals surface area (Å²) in [7, 11) is 1.88. The van der Waals surface area contributed by atoms with Gasteiger partial charge in [-0.15, -0.1) is 0 Å². The van der Waals surface area contributed by atoms with Crippen molar-refractivity contribution in [3.05, 3.63) is 53.6 Å². The summed E-state index contributed by atoms with van der Waals surface area (Å²) in [6.07, 6.45) is 1.71. The minimum Gasteiger partial charge on any atom is -0.366 e. The van der Waals surface area contributed by atoms with Gasteiger partial charge < -0.3 is 5.32 Å². The summed E-state index contributed by atoms with van der Waals surface area (Å²) in [6, 6.07) is 8.62. The van der Waals surface area contributed by atoms with Gasteiger partial charge in [0.1, 0.15) is 11.6 Å². The molecule has 1 aromatic carbocycles. The third-order valence-electron chi connectivity index (χ3n) is 3.32. The Labute approximate surface area is 121 Å². The van der Waals surface area contributed by atoms with E-state index in [1.807, 2.05) is 20.0 Å². The maximum atomic E-state index is 13.9. The van der Waals surface area contributed by atoms with Crippen LogP contribution in [0.4, 0.5) is 10.2 Å². The van der Waals surface area contributed by atoms with E-state index in [0.717, 1.165) is 17.1 Å². The number of hydrogen-bond donors (Lipinski definition) is 2. The fourth-order valence-electron chi connectivity index (χ4n) is 2.30. The average molecular weight is 285 g/mol. The van der Waals surface area contributed by atoms with Crippen LogP contribution in [0.5, 0.6) is 0 Å². The Morgan fingerprint density at radius 1 is 1.33 bits per heavy atom. The van der Waals surface area contributed by atoms with Gasteiger partial charge in [-0.1, -0.05) is 12.1 Å². The van der Waals surface area contributed by atoms with Crippen LogP contribution in [0.1, 0.15) is 11.3 Å². The highest BCUT2D eigenvalue weighted by Gasteiger charge is 2.12. The van der Waals surface area contributed by atoms with Crippen LogP contribution in [-0.4, -0.2) is 20.0 Å². The molecule has 6 heteroatoms. The van der Waals surface area contributed by atoms with Gasteiger partial charge in [0.15, 0.2) is 0 Å². The van der Waals surface area contributed by atoms with Crippen LogP contribution in [0.15, 0.2) is 36.5 Å². The number of aromatic amines is 1. The molecule has 2 heterocycles. The molecule has 5 nitrogen and oxygen atoms in total. The fourth-order valence-corrected chi connectivity index (χ4v) is 2.30. The summed E-state index contributed by atoms with van der Waals surface area (Å²) in [5.41, 5.74) is 3.06. The molecule has 21 heavy (non-hydrogen) atoms. The average Bonchev–Trinajstić information content (AvgIpc) is 3.03. The van der Waals surface area contributed by atoms with Crippen molar-refractivity contribution in [1.29, 1.82) is 0 Å². The standard InChI is InChI=1S/C15H16FN5/c1-10-7-14(21(2)20-10)17-8-11-9-18-19-15(11)12-5-3-4-6-13(12)16/h3-7,9,17H,8H2,1-2H3,(H,18,19). The molecule has 2 aromatic heterocycles. The molecule has 0 bridgehead atoms. The smallest absolute Gasteiger partial charge is 0.132 e. The van der Waals surface area contributed by atoms with Crippen LogP contribution < -0.4 is 5.32 Å². The van der Waals surface area contributed by atoms with Gasteiger partial charge in [-0.2, -0.15) is 10.2 Å². The highest BCUT2D eigenvalue weighted by molar-refractivity contribution is 5.63. The molecule has 0 aliphatic heterocycles. The van der Waals surface area contributed by atoms with E-state index in [9.17, 15) is 4.39 Å². The minimum absolute atomic E-state index is 0.264. The van der Waals surface area contributed by atoms with E-state index < -0.39 is 0 Å². The van der Waals surface area contributed by atoms with Crippen molar-refractivity contribution in [2.75, 3.05) is 5.32 Å². The first-order valence-electron chi connectivity index (χ1n) is 6.67. The van der Waals surface area contributed by atoms with Gasteiger partial charge >= 0.3 is 0 Å². The second-order valence-electron chi connectivity index (χ2n) is 4.90. The number of H-pyrrole nitrogens is 1. The third kappa shape index (κ3) is 2.65. The highest BCUT2D eigenvalue weighted by atomic mass is 19.1. The Kier molecular flexibility index (Phi) is 3.43. The normalized spacial score (nSPS) is 10.8.